The maximum atomic E-state index is 10.9. The van der Waals surface area contributed by atoms with E-state index >= 15 is 0 Å². The second-order valence-electron chi connectivity index (χ2n) is 2.74. The third-order valence-electron chi connectivity index (χ3n) is 1.62. The summed E-state index contributed by atoms with van der Waals surface area (Å²) in [6.07, 6.45) is 1.39. The van der Waals surface area contributed by atoms with Gasteiger partial charge in [0, 0.05) is 17.7 Å². The monoisotopic (exact) mass is 215 g/mol. The van der Waals surface area contributed by atoms with Gasteiger partial charge in [0.25, 0.3) is 0 Å². The number of nitrogens with two attached hydrogens (primary N) is 1. The van der Waals surface area contributed by atoms with Gasteiger partial charge in [0.1, 0.15) is 11.9 Å². The first-order valence-electron chi connectivity index (χ1n) is 4.51. The molecule has 1 heterocycles. The van der Waals surface area contributed by atoms with Crippen LogP contribution in [-0.2, 0) is 9.53 Å². The van der Waals surface area contributed by atoms with E-state index in [9.17, 15) is 4.79 Å². The fourth-order valence-electron chi connectivity index (χ4n) is 0.924. The number of esters is 1. The van der Waals surface area contributed by atoms with Crippen LogP contribution in [0.3, 0.4) is 0 Å². The molecule has 0 unspecified atom stereocenters. The molecular weight excluding hydrogens is 206 g/mol. The van der Waals surface area contributed by atoms with Crippen LogP contribution in [0.25, 0.3) is 0 Å². The van der Waals surface area contributed by atoms with E-state index < -0.39 is 5.97 Å². The number of hydrogen-bond acceptors (Lipinski definition) is 5. The molecule has 0 aliphatic carbocycles. The maximum absolute atomic E-state index is 10.9. The predicted octanol–water partition coefficient (Wildman–Crippen LogP) is 0.450. The van der Waals surface area contributed by atoms with Gasteiger partial charge in [-0.25, -0.2) is 9.78 Å². The van der Waals surface area contributed by atoms with Crippen LogP contribution in [0.15, 0.2) is 12.3 Å². The first-order chi connectivity index (χ1) is 7.67. The normalized spacial score (nSPS) is 8.50. The molecule has 0 bridgehead atoms. The van der Waals surface area contributed by atoms with E-state index in [0.717, 1.165) is 0 Å². The Morgan fingerprint density at radius 3 is 3.06 bits per heavy atom. The van der Waals surface area contributed by atoms with Crippen LogP contribution in [0, 0.1) is 23.2 Å². The Hall–Kier alpha value is -2.53. The van der Waals surface area contributed by atoms with Crippen molar-refractivity contribution >= 4 is 11.8 Å². The van der Waals surface area contributed by atoms with Crippen molar-refractivity contribution in [1.29, 1.82) is 5.26 Å². The Kier molecular flexibility index (Phi) is 3.88. The second kappa shape index (κ2) is 5.38. The van der Waals surface area contributed by atoms with Crippen molar-refractivity contribution in [3.05, 3.63) is 23.4 Å². The number of nitrogen functional groups attached to an aromatic ring is 1. The van der Waals surface area contributed by atoms with Crippen molar-refractivity contribution < 1.29 is 9.53 Å². The summed E-state index contributed by atoms with van der Waals surface area (Å²) >= 11 is 0. The highest BCUT2D eigenvalue weighted by Gasteiger charge is 2.00. The second-order valence-corrected chi connectivity index (χ2v) is 2.74. The minimum absolute atomic E-state index is 0.143. The highest BCUT2D eigenvalue weighted by atomic mass is 16.5. The molecule has 0 radical (unpaired) electrons. The van der Waals surface area contributed by atoms with Gasteiger partial charge in [0.2, 0.25) is 0 Å². The van der Waals surface area contributed by atoms with Crippen LogP contribution in [0.4, 0.5) is 5.82 Å². The molecule has 0 aromatic carbocycles. The van der Waals surface area contributed by atoms with Gasteiger partial charge in [-0.3, -0.25) is 0 Å². The van der Waals surface area contributed by atoms with Gasteiger partial charge in [0.05, 0.1) is 12.2 Å². The summed E-state index contributed by atoms with van der Waals surface area (Å²) in [5.41, 5.74) is 6.11. The number of rotatable bonds is 1. The predicted molar refractivity (Wildman–Crippen MR) is 56.9 cm³/mol. The standard InChI is InChI=1S/C11H9N3O2/c1-2-16-10(15)4-3-8-5-9(6-12)11(13)14-7-8/h5,7H,2H2,1H3,(H2,13,14). The summed E-state index contributed by atoms with van der Waals surface area (Å²) in [5.74, 6) is 4.34. The summed E-state index contributed by atoms with van der Waals surface area (Å²) in [5, 5.41) is 8.69. The van der Waals surface area contributed by atoms with E-state index in [1.54, 1.807) is 6.92 Å². The van der Waals surface area contributed by atoms with Crippen molar-refractivity contribution in [3.8, 4) is 17.9 Å². The molecule has 0 atom stereocenters. The van der Waals surface area contributed by atoms with Crippen molar-refractivity contribution in [2.75, 3.05) is 12.3 Å². The Bertz CT molecular complexity index is 506. The average Bonchev–Trinajstić information content (AvgIpc) is 2.28. The smallest absolute Gasteiger partial charge is 0.384 e. The molecule has 80 valence electrons. The topological polar surface area (TPSA) is 89.0 Å². The molecule has 0 saturated heterocycles. The lowest BCUT2D eigenvalue weighted by Gasteiger charge is -1.95. The molecule has 1 rings (SSSR count). The van der Waals surface area contributed by atoms with E-state index in [1.165, 1.54) is 12.3 Å². The minimum Gasteiger partial charge on any atom is -0.456 e. The summed E-state index contributed by atoms with van der Waals surface area (Å²) in [6.45, 7) is 1.97. The first kappa shape index (κ1) is 11.5. The Morgan fingerprint density at radius 2 is 2.44 bits per heavy atom. The van der Waals surface area contributed by atoms with Crippen molar-refractivity contribution in [1.82, 2.24) is 4.98 Å². The molecule has 0 spiro atoms. The third-order valence-corrected chi connectivity index (χ3v) is 1.62. The molecular formula is C11H9N3O2. The number of nitrogens with zero attached hydrogens (tertiary/aromatic N) is 2. The van der Waals surface area contributed by atoms with E-state index in [1.807, 2.05) is 6.07 Å². The quantitative estimate of drug-likeness (QED) is 0.542. The molecule has 0 amide bonds. The van der Waals surface area contributed by atoms with E-state index in [0.29, 0.717) is 5.56 Å². The van der Waals surface area contributed by atoms with Gasteiger partial charge >= 0.3 is 5.97 Å². The molecule has 0 fully saturated rings. The fraction of sp³-hybridized carbons (Fsp3) is 0.182. The van der Waals surface area contributed by atoms with Crippen LogP contribution in [-0.4, -0.2) is 17.6 Å². The van der Waals surface area contributed by atoms with Gasteiger partial charge in [0.15, 0.2) is 0 Å². The zero-order chi connectivity index (χ0) is 12.0. The molecule has 5 heteroatoms. The molecule has 0 aliphatic rings. The number of carbonyl (C=O) groups excluding carboxylic acids is 1. The highest BCUT2D eigenvalue weighted by Crippen LogP contribution is 2.07. The lowest BCUT2D eigenvalue weighted by molar-refractivity contribution is -0.136. The largest absolute Gasteiger partial charge is 0.456 e. The van der Waals surface area contributed by atoms with Crippen molar-refractivity contribution in [2.24, 2.45) is 0 Å². The first-order valence-corrected chi connectivity index (χ1v) is 4.51. The van der Waals surface area contributed by atoms with E-state index in [4.69, 9.17) is 11.0 Å². The Balaban J connectivity index is 2.91. The van der Waals surface area contributed by atoms with Gasteiger partial charge in [-0.1, -0.05) is 5.92 Å². The summed E-state index contributed by atoms with van der Waals surface area (Å²) in [7, 11) is 0. The van der Waals surface area contributed by atoms with Gasteiger partial charge in [-0.2, -0.15) is 5.26 Å². The zero-order valence-electron chi connectivity index (χ0n) is 8.65. The lowest BCUT2D eigenvalue weighted by Crippen LogP contribution is -2.00. The molecule has 5 nitrogen and oxygen atoms in total. The highest BCUT2D eigenvalue weighted by molar-refractivity contribution is 5.89. The summed E-state index contributed by atoms with van der Waals surface area (Å²) in [6, 6.07) is 3.34. The SMILES string of the molecule is CCOC(=O)C#Cc1cnc(N)c(C#N)c1. The zero-order valence-corrected chi connectivity index (χ0v) is 8.65. The average molecular weight is 215 g/mol. The molecule has 16 heavy (non-hydrogen) atoms. The fourth-order valence-corrected chi connectivity index (χ4v) is 0.924. The molecule has 1 aromatic rings. The molecule has 0 aliphatic heterocycles. The van der Waals surface area contributed by atoms with Crippen molar-refractivity contribution in [2.45, 2.75) is 6.92 Å². The van der Waals surface area contributed by atoms with Gasteiger partial charge in [-0.15, -0.1) is 0 Å². The Labute approximate surface area is 92.8 Å². The number of carbonyl (C=O) groups is 1. The molecule has 1 aromatic heterocycles. The lowest BCUT2D eigenvalue weighted by atomic mass is 10.2. The van der Waals surface area contributed by atoms with Crippen LogP contribution >= 0.6 is 0 Å². The number of aromatic nitrogens is 1. The van der Waals surface area contributed by atoms with Crippen LogP contribution in [0.2, 0.25) is 0 Å². The van der Waals surface area contributed by atoms with Crippen LogP contribution in [0.1, 0.15) is 18.1 Å². The minimum atomic E-state index is -0.613. The third kappa shape index (κ3) is 3.00. The van der Waals surface area contributed by atoms with Crippen LogP contribution in [0.5, 0.6) is 0 Å². The Morgan fingerprint density at radius 1 is 1.69 bits per heavy atom. The van der Waals surface area contributed by atoms with Crippen LogP contribution < -0.4 is 5.73 Å². The van der Waals surface area contributed by atoms with E-state index in [2.05, 4.69) is 21.6 Å². The number of pyridine rings is 1. The number of nitriles is 1. The molecule has 0 saturated carbocycles. The summed E-state index contributed by atoms with van der Waals surface area (Å²) < 4.78 is 4.62. The summed E-state index contributed by atoms with van der Waals surface area (Å²) in [4.78, 5) is 14.7. The van der Waals surface area contributed by atoms with E-state index in [-0.39, 0.29) is 18.0 Å². The van der Waals surface area contributed by atoms with Gasteiger partial charge in [-0.05, 0) is 13.0 Å². The number of anilines is 1. The van der Waals surface area contributed by atoms with Crippen molar-refractivity contribution in [3.63, 3.8) is 0 Å². The number of ether oxygens (including phenoxy) is 1. The maximum Gasteiger partial charge on any atom is 0.384 e. The number of hydrogen-bond donors (Lipinski definition) is 1. The molecule has 2 N–H and O–H groups in total. The van der Waals surface area contributed by atoms with Gasteiger partial charge < -0.3 is 10.5 Å².